The van der Waals surface area contributed by atoms with Crippen LogP contribution in [0.5, 0.6) is 0 Å². The van der Waals surface area contributed by atoms with Crippen molar-refractivity contribution in [3.05, 3.63) is 49.4 Å². The summed E-state index contributed by atoms with van der Waals surface area (Å²) in [7, 11) is 0. The predicted octanol–water partition coefficient (Wildman–Crippen LogP) is 4.95. The van der Waals surface area contributed by atoms with E-state index in [9.17, 15) is 4.79 Å². The number of allylic oxidation sites excluding steroid dienone is 2. The highest BCUT2D eigenvalue weighted by atomic mass is 32.2. The maximum Gasteiger partial charge on any atom is 0.191 e. The second kappa shape index (κ2) is 9.53. The van der Waals surface area contributed by atoms with Gasteiger partial charge in [0.25, 0.3) is 0 Å². The normalized spacial score (nSPS) is 16.7. The maximum atomic E-state index is 11.5. The molecule has 1 aromatic carbocycles. The molecular weight excluding hydrogens is 360 g/mol. The lowest BCUT2D eigenvalue weighted by Gasteiger charge is -2.17. The van der Waals surface area contributed by atoms with E-state index in [1.165, 1.54) is 29.1 Å². The molecule has 0 fully saturated rings. The van der Waals surface area contributed by atoms with E-state index in [1.54, 1.807) is 5.37 Å². The SMILES string of the molecule is CCOC(OCC)C1=C(C=O)S/C(=C(\C=S)c2ccc(C)cc2)S1. The summed E-state index contributed by atoms with van der Waals surface area (Å²) in [6.07, 6.45) is 0.348. The Bertz CT molecular complexity index is 657. The number of ether oxygens (including phenoxy) is 2. The topological polar surface area (TPSA) is 35.5 Å². The van der Waals surface area contributed by atoms with Crippen molar-refractivity contribution in [2.24, 2.45) is 0 Å². The molecule has 128 valence electrons. The number of rotatable bonds is 8. The molecule has 6 heteroatoms. The van der Waals surface area contributed by atoms with Crippen molar-refractivity contribution < 1.29 is 14.3 Å². The molecule has 0 bridgehead atoms. The number of carbonyl (C=O) groups is 1. The zero-order valence-electron chi connectivity index (χ0n) is 13.9. The van der Waals surface area contributed by atoms with Crippen LogP contribution in [0.1, 0.15) is 25.0 Å². The molecule has 0 aliphatic carbocycles. The van der Waals surface area contributed by atoms with Crippen LogP contribution in [0.4, 0.5) is 0 Å². The summed E-state index contributed by atoms with van der Waals surface area (Å²) in [5.74, 6) is 0. The molecule has 1 aromatic rings. The summed E-state index contributed by atoms with van der Waals surface area (Å²) in [6.45, 7) is 6.90. The first-order chi connectivity index (χ1) is 11.6. The summed E-state index contributed by atoms with van der Waals surface area (Å²) in [6, 6.07) is 8.19. The van der Waals surface area contributed by atoms with Crippen molar-refractivity contribution in [3.63, 3.8) is 0 Å². The molecule has 1 heterocycles. The zero-order chi connectivity index (χ0) is 17.5. The number of thiocarbonyl (C=S) groups is 1. The highest BCUT2D eigenvalue weighted by Crippen LogP contribution is 2.52. The Morgan fingerprint density at radius 2 is 1.79 bits per heavy atom. The van der Waals surface area contributed by atoms with Gasteiger partial charge in [0.2, 0.25) is 0 Å². The minimum absolute atomic E-state index is 0.514. The standard InChI is InChI=1S/C18H20O3S3/c1-4-20-17(21-5-2)16-15(10-19)23-18(24-16)14(11-22)13-8-6-12(3)7-9-13/h6-11,17H,4-5H2,1-3H3/b18-14-. The number of hydrogen-bond acceptors (Lipinski definition) is 6. The van der Waals surface area contributed by atoms with Crippen LogP contribution >= 0.6 is 35.7 Å². The molecule has 24 heavy (non-hydrogen) atoms. The van der Waals surface area contributed by atoms with Crippen molar-refractivity contribution in [3.8, 4) is 0 Å². The van der Waals surface area contributed by atoms with E-state index in [2.05, 4.69) is 12.1 Å². The first-order valence-corrected chi connectivity index (χ1v) is 9.79. The fourth-order valence-corrected chi connectivity index (χ4v) is 5.10. The molecule has 0 saturated carbocycles. The molecule has 0 spiro atoms. The van der Waals surface area contributed by atoms with Crippen LogP contribution in [-0.2, 0) is 14.3 Å². The number of aldehydes is 1. The van der Waals surface area contributed by atoms with Crippen molar-refractivity contribution in [1.82, 2.24) is 0 Å². The van der Waals surface area contributed by atoms with E-state index < -0.39 is 6.29 Å². The van der Waals surface area contributed by atoms with Gasteiger partial charge in [0.05, 0.1) is 14.0 Å². The van der Waals surface area contributed by atoms with Crippen molar-refractivity contribution in [1.29, 1.82) is 0 Å². The smallest absolute Gasteiger partial charge is 0.191 e. The van der Waals surface area contributed by atoms with Gasteiger partial charge >= 0.3 is 0 Å². The number of thioether (sulfide) groups is 2. The number of carbonyl (C=O) groups excluding carboxylic acids is 1. The molecule has 0 radical (unpaired) electrons. The van der Waals surface area contributed by atoms with Gasteiger partial charge in [-0.3, -0.25) is 4.79 Å². The van der Waals surface area contributed by atoms with Gasteiger partial charge in [0, 0.05) is 24.2 Å². The lowest BCUT2D eigenvalue weighted by molar-refractivity contribution is -0.109. The Labute approximate surface area is 156 Å². The van der Waals surface area contributed by atoms with Crippen LogP contribution in [0.2, 0.25) is 0 Å². The van der Waals surface area contributed by atoms with E-state index in [0.29, 0.717) is 18.1 Å². The molecule has 0 N–H and O–H groups in total. The fraction of sp³-hybridized carbons (Fsp3) is 0.333. The quantitative estimate of drug-likeness (QED) is 0.275. The Kier molecular flexibility index (Phi) is 7.71. The Morgan fingerprint density at radius 3 is 2.29 bits per heavy atom. The van der Waals surface area contributed by atoms with E-state index in [-0.39, 0.29) is 0 Å². The molecular formula is C18H20O3S3. The van der Waals surface area contributed by atoms with Gasteiger partial charge in [-0.25, -0.2) is 0 Å². The van der Waals surface area contributed by atoms with Crippen LogP contribution in [0.15, 0.2) is 38.3 Å². The lowest BCUT2D eigenvalue weighted by Crippen LogP contribution is -2.18. The molecule has 2 rings (SSSR count). The third-order valence-electron chi connectivity index (χ3n) is 3.31. The third kappa shape index (κ3) is 4.58. The Morgan fingerprint density at radius 1 is 1.17 bits per heavy atom. The first-order valence-electron chi connectivity index (χ1n) is 7.69. The van der Waals surface area contributed by atoms with Gasteiger partial charge in [0.1, 0.15) is 0 Å². The third-order valence-corrected chi connectivity index (χ3v) is 6.15. The van der Waals surface area contributed by atoms with E-state index in [0.717, 1.165) is 26.6 Å². The predicted molar refractivity (Wildman–Crippen MR) is 107 cm³/mol. The Balaban J connectivity index is 2.35. The highest BCUT2D eigenvalue weighted by Gasteiger charge is 2.30. The molecule has 1 aliphatic rings. The first kappa shape index (κ1) is 19.4. The molecule has 0 atom stereocenters. The average molecular weight is 381 g/mol. The molecule has 0 amide bonds. The lowest BCUT2D eigenvalue weighted by atomic mass is 10.1. The van der Waals surface area contributed by atoms with Gasteiger partial charge < -0.3 is 9.47 Å². The van der Waals surface area contributed by atoms with Crippen LogP contribution in [0.3, 0.4) is 0 Å². The summed E-state index contributed by atoms with van der Waals surface area (Å²) in [4.78, 5) is 12.9. The molecule has 0 unspecified atom stereocenters. The van der Waals surface area contributed by atoms with E-state index >= 15 is 0 Å². The fourth-order valence-electron chi connectivity index (χ4n) is 2.15. The number of aryl methyl sites for hydroxylation is 1. The largest absolute Gasteiger partial charge is 0.348 e. The summed E-state index contributed by atoms with van der Waals surface area (Å²) < 4.78 is 12.3. The van der Waals surface area contributed by atoms with E-state index in [1.807, 2.05) is 32.9 Å². The monoisotopic (exact) mass is 380 g/mol. The molecule has 3 nitrogen and oxygen atoms in total. The molecule has 0 aromatic heterocycles. The molecule has 1 aliphatic heterocycles. The van der Waals surface area contributed by atoms with Gasteiger partial charge in [-0.2, -0.15) is 0 Å². The van der Waals surface area contributed by atoms with E-state index in [4.69, 9.17) is 21.7 Å². The highest BCUT2D eigenvalue weighted by molar-refractivity contribution is 8.29. The minimum atomic E-state index is -0.514. The summed E-state index contributed by atoms with van der Waals surface area (Å²) in [5.41, 5.74) is 3.18. The zero-order valence-corrected chi connectivity index (χ0v) is 16.4. The van der Waals surface area contributed by atoms with Crippen molar-refractivity contribution in [2.45, 2.75) is 27.1 Å². The van der Waals surface area contributed by atoms with Gasteiger partial charge in [-0.05, 0) is 26.3 Å². The minimum Gasteiger partial charge on any atom is -0.348 e. The summed E-state index contributed by atoms with van der Waals surface area (Å²) in [5, 5.41) is 1.67. The number of benzene rings is 1. The van der Waals surface area contributed by atoms with Crippen LogP contribution < -0.4 is 0 Å². The van der Waals surface area contributed by atoms with Crippen LogP contribution in [0.25, 0.3) is 5.57 Å². The molecule has 0 saturated heterocycles. The maximum absolute atomic E-state index is 11.5. The van der Waals surface area contributed by atoms with Gasteiger partial charge in [-0.15, -0.1) is 0 Å². The van der Waals surface area contributed by atoms with Crippen LogP contribution in [0, 0.1) is 6.92 Å². The Hall–Kier alpha value is -0.920. The average Bonchev–Trinajstić information content (AvgIpc) is 3.01. The summed E-state index contributed by atoms with van der Waals surface area (Å²) >= 11 is 8.16. The van der Waals surface area contributed by atoms with Gasteiger partial charge in [0.15, 0.2) is 12.6 Å². The second-order valence-electron chi connectivity index (χ2n) is 4.98. The second-order valence-corrected chi connectivity index (χ2v) is 7.58. The van der Waals surface area contributed by atoms with Gasteiger partial charge in [-0.1, -0.05) is 65.6 Å². The van der Waals surface area contributed by atoms with Crippen LogP contribution in [-0.4, -0.2) is 31.2 Å². The van der Waals surface area contributed by atoms with Crippen molar-refractivity contribution >= 4 is 53.0 Å². The van der Waals surface area contributed by atoms with Crippen molar-refractivity contribution in [2.75, 3.05) is 13.2 Å². The number of hydrogen-bond donors (Lipinski definition) is 0.